The molecule has 1 rings (SSSR count). The highest BCUT2D eigenvalue weighted by molar-refractivity contribution is 5.28. The highest BCUT2D eigenvalue weighted by atomic mass is 15.1. The second kappa shape index (κ2) is 5.89. The van der Waals surface area contributed by atoms with E-state index in [4.69, 9.17) is 0 Å². The molecule has 1 aromatic carbocycles. The highest BCUT2D eigenvalue weighted by Crippen LogP contribution is 2.17. The molecule has 1 atom stereocenters. The third kappa shape index (κ3) is 3.65. The van der Waals surface area contributed by atoms with Crippen molar-refractivity contribution < 1.29 is 0 Å². The van der Waals surface area contributed by atoms with Crippen LogP contribution in [0, 0.1) is 6.92 Å². The lowest BCUT2D eigenvalue weighted by Crippen LogP contribution is -2.31. The van der Waals surface area contributed by atoms with E-state index in [0.717, 1.165) is 13.1 Å². The maximum absolute atomic E-state index is 3.53. The molecule has 1 aromatic rings. The Kier molecular flexibility index (Phi) is 4.79. The van der Waals surface area contributed by atoms with Gasteiger partial charge in [0.25, 0.3) is 0 Å². The van der Waals surface area contributed by atoms with Crippen LogP contribution in [0.3, 0.4) is 0 Å². The Bertz CT molecular complexity index is 294. The number of benzene rings is 1. The van der Waals surface area contributed by atoms with Crippen molar-refractivity contribution in [3.05, 3.63) is 35.4 Å². The highest BCUT2D eigenvalue weighted by Gasteiger charge is 2.12. The number of nitrogens with one attached hydrogen (secondary N) is 1. The quantitative estimate of drug-likeness (QED) is 0.794. The fraction of sp³-hybridized carbons (Fsp3) is 0.538. The van der Waals surface area contributed by atoms with Gasteiger partial charge in [-0.1, -0.05) is 31.2 Å². The summed E-state index contributed by atoms with van der Waals surface area (Å²) in [7, 11) is 4.23. The Balaban J connectivity index is 2.83. The van der Waals surface area contributed by atoms with Crippen LogP contribution in [-0.2, 0) is 0 Å². The van der Waals surface area contributed by atoms with Crippen molar-refractivity contribution in [1.29, 1.82) is 0 Å². The van der Waals surface area contributed by atoms with Crippen molar-refractivity contribution in [3.63, 3.8) is 0 Å². The van der Waals surface area contributed by atoms with E-state index in [9.17, 15) is 0 Å². The zero-order valence-electron chi connectivity index (χ0n) is 10.2. The maximum atomic E-state index is 3.53. The molecule has 0 fully saturated rings. The van der Waals surface area contributed by atoms with Crippen molar-refractivity contribution in [1.82, 2.24) is 10.2 Å². The van der Waals surface area contributed by atoms with Crippen molar-refractivity contribution in [2.75, 3.05) is 27.2 Å². The van der Waals surface area contributed by atoms with Crippen LogP contribution < -0.4 is 5.32 Å². The van der Waals surface area contributed by atoms with Crippen LogP contribution in [0.5, 0.6) is 0 Å². The molecule has 0 aliphatic carbocycles. The first kappa shape index (κ1) is 12.2. The fourth-order valence-corrected chi connectivity index (χ4v) is 1.86. The summed E-state index contributed by atoms with van der Waals surface area (Å²) >= 11 is 0. The Hall–Kier alpha value is -0.860. The summed E-state index contributed by atoms with van der Waals surface area (Å²) in [5.74, 6) is 0. The van der Waals surface area contributed by atoms with Gasteiger partial charge in [0.2, 0.25) is 0 Å². The zero-order chi connectivity index (χ0) is 11.3. The molecule has 0 bridgehead atoms. The van der Waals surface area contributed by atoms with E-state index < -0.39 is 0 Å². The van der Waals surface area contributed by atoms with Gasteiger partial charge in [0, 0.05) is 12.6 Å². The number of hydrogen-bond acceptors (Lipinski definition) is 2. The third-order valence-corrected chi connectivity index (χ3v) is 2.56. The van der Waals surface area contributed by atoms with Gasteiger partial charge in [0.05, 0.1) is 0 Å². The minimum atomic E-state index is 0.436. The molecule has 0 spiro atoms. The van der Waals surface area contributed by atoms with Gasteiger partial charge in [-0.05, 0) is 38.7 Å². The van der Waals surface area contributed by atoms with Crippen LogP contribution in [0.25, 0.3) is 0 Å². The van der Waals surface area contributed by atoms with Crippen molar-refractivity contribution in [3.8, 4) is 0 Å². The number of likely N-dealkylation sites (N-methyl/N-ethyl adjacent to an activating group) is 2. The van der Waals surface area contributed by atoms with Crippen LogP contribution in [0.2, 0.25) is 0 Å². The van der Waals surface area contributed by atoms with Crippen LogP contribution in [0.4, 0.5) is 0 Å². The van der Waals surface area contributed by atoms with E-state index in [-0.39, 0.29) is 0 Å². The molecule has 0 amide bonds. The Morgan fingerprint density at radius 1 is 1.27 bits per heavy atom. The first-order chi connectivity index (χ1) is 7.15. The molecule has 0 aliphatic rings. The first-order valence-electron chi connectivity index (χ1n) is 5.58. The summed E-state index contributed by atoms with van der Waals surface area (Å²) < 4.78 is 0. The minimum absolute atomic E-state index is 0.436. The normalized spacial score (nSPS) is 13.1. The standard InChI is InChI=1S/C13H22N2/c1-5-14-13(10-15(3)4)12-9-7-6-8-11(12)2/h6-9,13-14H,5,10H2,1-4H3. The molecule has 1 unspecified atom stereocenters. The van der Waals surface area contributed by atoms with E-state index >= 15 is 0 Å². The lowest BCUT2D eigenvalue weighted by Gasteiger charge is -2.23. The number of hydrogen-bond donors (Lipinski definition) is 1. The summed E-state index contributed by atoms with van der Waals surface area (Å²) in [4.78, 5) is 2.22. The summed E-state index contributed by atoms with van der Waals surface area (Å²) in [5.41, 5.74) is 2.78. The molecule has 0 aromatic heterocycles. The summed E-state index contributed by atoms with van der Waals surface area (Å²) in [5, 5.41) is 3.53. The van der Waals surface area contributed by atoms with Crippen LogP contribution in [-0.4, -0.2) is 32.1 Å². The molecule has 15 heavy (non-hydrogen) atoms. The molecule has 2 heteroatoms. The van der Waals surface area contributed by atoms with Gasteiger partial charge in [-0.2, -0.15) is 0 Å². The summed E-state index contributed by atoms with van der Waals surface area (Å²) in [6, 6.07) is 9.03. The first-order valence-corrected chi connectivity index (χ1v) is 5.58. The largest absolute Gasteiger partial charge is 0.309 e. The summed E-state index contributed by atoms with van der Waals surface area (Å²) in [6.07, 6.45) is 0. The second-order valence-corrected chi connectivity index (χ2v) is 4.23. The van der Waals surface area contributed by atoms with Crippen LogP contribution in [0.1, 0.15) is 24.1 Å². The molecular weight excluding hydrogens is 184 g/mol. The molecule has 0 saturated heterocycles. The molecule has 2 nitrogen and oxygen atoms in total. The van der Waals surface area contributed by atoms with E-state index in [1.54, 1.807) is 0 Å². The van der Waals surface area contributed by atoms with E-state index in [0.29, 0.717) is 6.04 Å². The van der Waals surface area contributed by atoms with Gasteiger partial charge in [-0.15, -0.1) is 0 Å². The molecule has 0 saturated carbocycles. The predicted molar refractivity (Wildman–Crippen MR) is 66.2 cm³/mol. The van der Waals surface area contributed by atoms with Crippen LogP contribution >= 0.6 is 0 Å². The van der Waals surface area contributed by atoms with E-state index in [1.165, 1.54) is 11.1 Å². The molecule has 84 valence electrons. The molecule has 0 radical (unpaired) electrons. The number of rotatable bonds is 5. The molecular formula is C13H22N2. The molecule has 1 N–H and O–H groups in total. The fourth-order valence-electron chi connectivity index (χ4n) is 1.86. The van der Waals surface area contributed by atoms with Gasteiger partial charge in [-0.25, -0.2) is 0 Å². The SMILES string of the molecule is CCNC(CN(C)C)c1ccccc1C. The Labute approximate surface area is 93.3 Å². The minimum Gasteiger partial charge on any atom is -0.309 e. The lowest BCUT2D eigenvalue weighted by atomic mass is 10.0. The van der Waals surface area contributed by atoms with Crippen molar-refractivity contribution in [2.45, 2.75) is 19.9 Å². The van der Waals surface area contributed by atoms with Crippen molar-refractivity contribution in [2.24, 2.45) is 0 Å². The van der Waals surface area contributed by atoms with Gasteiger partial charge >= 0.3 is 0 Å². The average Bonchev–Trinajstić information content (AvgIpc) is 2.17. The maximum Gasteiger partial charge on any atom is 0.0451 e. The Morgan fingerprint density at radius 3 is 2.47 bits per heavy atom. The van der Waals surface area contributed by atoms with Gasteiger partial charge in [0.15, 0.2) is 0 Å². The van der Waals surface area contributed by atoms with Crippen LogP contribution in [0.15, 0.2) is 24.3 Å². The number of nitrogens with zero attached hydrogens (tertiary/aromatic N) is 1. The van der Waals surface area contributed by atoms with E-state index in [2.05, 4.69) is 62.4 Å². The Morgan fingerprint density at radius 2 is 1.93 bits per heavy atom. The van der Waals surface area contributed by atoms with Gasteiger partial charge in [-0.3, -0.25) is 0 Å². The monoisotopic (exact) mass is 206 g/mol. The van der Waals surface area contributed by atoms with E-state index in [1.807, 2.05) is 0 Å². The topological polar surface area (TPSA) is 15.3 Å². The zero-order valence-corrected chi connectivity index (χ0v) is 10.2. The summed E-state index contributed by atoms with van der Waals surface area (Å²) in [6.45, 7) is 6.38. The smallest absolute Gasteiger partial charge is 0.0451 e. The third-order valence-electron chi connectivity index (χ3n) is 2.56. The van der Waals surface area contributed by atoms with Gasteiger partial charge in [0.1, 0.15) is 0 Å². The molecule has 0 aliphatic heterocycles. The van der Waals surface area contributed by atoms with Crippen molar-refractivity contribution >= 4 is 0 Å². The lowest BCUT2D eigenvalue weighted by molar-refractivity contribution is 0.344. The molecule has 0 heterocycles. The van der Waals surface area contributed by atoms with Gasteiger partial charge < -0.3 is 10.2 Å². The average molecular weight is 206 g/mol. The second-order valence-electron chi connectivity index (χ2n) is 4.23. The predicted octanol–water partition coefficient (Wildman–Crippen LogP) is 2.21. The number of aryl methyl sites for hydroxylation is 1.